The highest BCUT2D eigenvalue weighted by Gasteiger charge is 2.36. The van der Waals surface area contributed by atoms with Crippen molar-refractivity contribution in [1.82, 2.24) is 15.5 Å². The average Bonchev–Trinajstić information content (AvgIpc) is 3.20. The van der Waals surface area contributed by atoms with Gasteiger partial charge < -0.3 is 10.6 Å². The minimum atomic E-state index is 0.0110. The quantitative estimate of drug-likeness (QED) is 0.764. The topological polar surface area (TPSA) is 44.4 Å². The molecule has 2 unspecified atom stereocenters. The molecular formula is C15H29N3O. The lowest BCUT2D eigenvalue weighted by Crippen LogP contribution is -2.50. The van der Waals surface area contributed by atoms with E-state index in [0.717, 1.165) is 19.6 Å². The third-order valence-corrected chi connectivity index (χ3v) is 4.19. The number of nitrogens with zero attached hydrogens (tertiary/aromatic N) is 1. The number of hydrogen-bond donors (Lipinski definition) is 2. The van der Waals surface area contributed by atoms with E-state index < -0.39 is 0 Å². The summed E-state index contributed by atoms with van der Waals surface area (Å²) in [6.45, 7) is 9.45. The van der Waals surface area contributed by atoms with Crippen LogP contribution < -0.4 is 10.6 Å². The van der Waals surface area contributed by atoms with Crippen LogP contribution in [0.25, 0.3) is 0 Å². The molecule has 4 nitrogen and oxygen atoms in total. The molecule has 0 aromatic rings. The molecule has 1 saturated heterocycles. The maximum Gasteiger partial charge on any atom is 0.237 e. The number of nitrogens with one attached hydrogen (secondary N) is 2. The van der Waals surface area contributed by atoms with Crippen LogP contribution in [-0.4, -0.2) is 48.6 Å². The van der Waals surface area contributed by atoms with Gasteiger partial charge in [0.15, 0.2) is 0 Å². The summed E-state index contributed by atoms with van der Waals surface area (Å²) < 4.78 is 0. The second-order valence-corrected chi connectivity index (χ2v) is 6.48. The molecule has 110 valence electrons. The van der Waals surface area contributed by atoms with E-state index >= 15 is 0 Å². The molecule has 0 aromatic heterocycles. The van der Waals surface area contributed by atoms with Gasteiger partial charge in [0.2, 0.25) is 5.91 Å². The van der Waals surface area contributed by atoms with Gasteiger partial charge in [0.05, 0.1) is 6.04 Å². The van der Waals surface area contributed by atoms with Crippen LogP contribution in [0, 0.1) is 5.92 Å². The Balaban J connectivity index is 1.89. The van der Waals surface area contributed by atoms with Gasteiger partial charge in [-0.1, -0.05) is 0 Å². The smallest absolute Gasteiger partial charge is 0.237 e. The molecule has 4 heteroatoms. The van der Waals surface area contributed by atoms with E-state index in [-0.39, 0.29) is 18.0 Å². The van der Waals surface area contributed by atoms with Crippen molar-refractivity contribution in [2.45, 2.75) is 64.6 Å². The van der Waals surface area contributed by atoms with Crippen LogP contribution in [0.3, 0.4) is 0 Å². The zero-order valence-electron chi connectivity index (χ0n) is 12.6. The molecule has 1 aliphatic carbocycles. The van der Waals surface area contributed by atoms with Crippen molar-refractivity contribution in [3.63, 3.8) is 0 Å². The summed E-state index contributed by atoms with van der Waals surface area (Å²) in [5, 5.41) is 6.52. The normalized spacial score (nSPS) is 25.6. The van der Waals surface area contributed by atoms with Crippen LogP contribution in [-0.2, 0) is 4.79 Å². The summed E-state index contributed by atoms with van der Waals surface area (Å²) in [6.07, 6.45) is 5.10. The van der Waals surface area contributed by atoms with E-state index in [1.807, 2.05) is 13.8 Å². The summed E-state index contributed by atoms with van der Waals surface area (Å²) in [6, 6.07) is 0.888. The van der Waals surface area contributed by atoms with Crippen molar-refractivity contribution < 1.29 is 4.79 Å². The van der Waals surface area contributed by atoms with Gasteiger partial charge in [-0.3, -0.25) is 9.69 Å². The van der Waals surface area contributed by atoms with E-state index in [1.165, 1.54) is 25.7 Å². The first kappa shape index (κ1) is 14.8. The summed E-state index contributed by atoms with van der Waals surface area (Å²) in [4.78, 5) is 14.6. The molecule has 2 N–H and O–H groups in total. The molecule has 0 aromatic carbocycles. The number of carbonyl (C=O) groups is 1. The van der Waals surface area contributed by atoms with Crippen molar-refractivity contribution >= 4 is 5.91 Å². The third kappa shape index (κ3) is 4.46. The van der Waals surface area contributed by atoms with Gasteiger partial charge in [-0.15, -0.1) is 0 Å². The van der Waals surface area contributed by atoms with Gasteiger partial charge in [-0.05, 0) is 65.5 Å². The summed E-state index contributed by atoms with van der Waals surface area (Å²) >= 11 is 0. The number of hydrogen-bond acceptors (Lipinski definition) is 3. The lowest BCUT2D eigenvalue weighted by atomic mass is 9.98. The molecule has 1 amide bonds. The zero-order chi connectivity index (χ0) is 13.8. The van der Waals surface area contributed by atoms with Crippen LogP contribution in [0.5, 0.6) is 0 Å². The predicted octanol–water partition coefficient (Wildman–Crippen LogP) is 1.36. The van der Waals surface area contributed by atoms with Crippen LogP contribution in [0.2, 0.25) is 0 Å². The molecule has 19 heavy (non-hydrogen) atoms. The maximum absolute atomic E-state index is 12.2. The molecule has 0 bridgehead atoms. The number of carbonyl (C=O) groups excluding carboxylic acids is 1. The molecule has 1 aliphatic heterocycles. The molecule has 2 fully saturated rings. The Labute approximate surface area is 117 Å². The lowest BCUT2D eigenvalue weighted by molar-refractivity contribution is -0.126. The Morgan fingerprint density at radius 1 is 1.32 bits per heavy atom. The fourth-order valence-corrected chi connectivity index (χ4v) is 2.96. The largest absolute Gasteiger partial charge is 0.353 e. The number of piperidine rings is 1. The Kier molecular flexibility index (Phi) is 5.22. The van der Waals surface area contributed by atoms with Crippen molar-refractivity contribution in [3.8, 4) is 0 Å². The van der Waals surface area contributed by atoms with Gasteiger partial charge in [-0.25, -0.2) is 0 Å². The Morgan fingerprint density at radius 3 is 2.58 bits per heavy atom. The van der Waals surface area contributed by atoms with Crippen molar-refractivity contribution in [2.75, 3.05) is 19.6 Å². The SMILES string of the molecule is CC(C)NC(=O)C(C)N(CC1CCCNC1)C1CC1. The molecular weight excluding hydrogens is 238 g/mol. The monoisotopic (exact) mass is 267 g/mol. The fraction of sp³-hybridized carbons (Fsp3) is 0.933. The van der Waals surface area contributed by atoms with Crippen LogP contribution in [0.15, 0.2) is 0 Å². The first-order valence-electron chi connectivity index (χ1n) is 7.84. The minimum absolute atomic E-state index is 0.0110. The molecule has 1 heterocycles. The molecule has 0 spiro atoms. The van der Waals surface area contributed by atoms with Crippen LogP contribution in [0.4, 0.5) is 0 Å². The maximum atomic E-state index is 12.2. The van der Waals surface area contributed by atoms with E-state index in [9.17, 15) is 4.79 Å². The third-order valence-electron chi connectivity index (χ3n) is 4.19. The first-order chi connectivity index (χ1) is 9.08. The van der Waals surface area contributed by atoms with E-state index in [1.54, 1.807) is 0 Å². The van der Waals surface area contributed by atoms with Gasteiger partial charge in [-0.2, -0.15) is 0 Å². The number of amides is 1. The molecule has 1 saturated carbocycles. The summed E-state index contributed by atoms with van der Waals surface area (Å²) in [5.41, 5.74) is 0. The van der Waals surface area contributed by atoms with Crippen molar-refractivity contribution in [3.05, 3.63) is 0 Å². The highest BCUT2D eigenvalue weighted by molar-refractivity contribution is 5.81. The fourth-order valence-electron chi connectivity index (χ4n) is 2.96. The molecule has 0 radical (unpaired) electrons. The van der Waals surface area contributed by atoms with Gasteiger partial charge in [0, 0.05) is 18.6 Å². The highest BCUT2D eigenvalue weighted by atomic mass is 16.2. The highest BCUT2D eigenvalue weighted by Crippen LogP contribution is 2.30. The van der Waals surface area contributed by atoms with Crippen LogP contribution >= 0.6 is 0 Å². The summed E-state index contributed by atoms with van der Waals surface area (Å²) in [7, 11) is 0. The second kappa shape index (κ2) is 6.71. The Morgan fingerprint density at radius 2 is 2.05 bits per heavy atom. The average molecular weight is 267 g/mol. The standard InChI is InChI=1S/C15H29N3O/c1-11(2)17-15(19)12(3)18(14-6-7-14)10-13-5-4-8-16-9-13/h11-14,16H,4-10H2,1-3H3,(H,17,19). The Hall–Kier alpha value is -0.610. The predicted molar refractivity (Wildman–Crippen MR) is 78.1 cm³/mol. The molecule has 2 rings (SSSR count). The van der Waals surface area contributed by atoms with E-state index in [2.05, 4.69) is 22.5 Å². The molecule has 2 aliphatic rings. The Bertz CT molecular complexity index is 296. The first-order valence-corrected chi connectivity index (χ1v) is 7.84. The number of rotatable bonds is 6. The minimum Gasteiger partial charge on any atom is -0.353 e. The van der Waals surface area contributed by atoms with Gasteiger partial charge in [0.25, 0.3) is 0 Å². The van der Waals surface area contributed by atoms with E-state index in [4.69, 9.17) is 0 Å². The van der Waals surface area contributed by atoms with Gasteiger partial charge >= 0.3 is 0 Å². The van der Waals surface area contributed by atoms with Crippen molar-refractivity contribution in [1.29, 1.82) is 0 Å². The zero-order valence-corrected chi connectivity index (χ0v) is 12.6. The second-order valence-electron chi connectivity index (χ2n) is 6.48. The summed E-state index contributed by atoms with van der Waals surface area (Å²) in [5.74, 6) is 0.898. The van der Waals surface area contributed by atoms with Crippen molar-refractivity contribution in [2.24, 2.45) is 5.92 Å². The molecule has 2 atom stereocenters. The van der Waals surface area contributed by atoms with Gasteiger partial charge in [0.1, 0.15) is 0 Å². The lowest BCUT2D eigenvalue weighted by Gasteiger charge is -2.34. The van der Waals surface area contributed by atoms with E-state index in [0.29, 0.717) is 12.0 Å². The van der Waals surface area contributed by atoms with Crippen LogP contribution in [0.1, 0.15) is 46.5 Å².